The Morgan fingerprint density at radius 3 is 2.64 bits per heavy atom. The van der Waals surface area contributed by atoms with Gasteiger partial charge in [-0.2, -0.15) is 0 Å². The van der Waals surface area contributed by atoms with Crippen molar-refractivity contribution in [2.45, 2.75) is 57.5 Å². The minimum absolute atomic E-state index is 0.0701. The molecular formula is C18H24N4O3. The molecule has 1 N–H and O–H groups in total. The number of carbonyl (C=O) groups is 3. The fourth-order valence-corrected chi connectivity index (χ4v) is 3.52. The third kappa shape index (κ3) is 3.23. The Balaban J connectivity index is 1.81. The molecule has 1 saturated carbocycles. The van der Waals surface area contributed by atoms with Crippen LogP contribution in [0.1, 0.15) is 46.0 Å². The molecule has 2 fully saturated rings. The van der Waals surface area contributed by atoms with Crippen LogP contribution in [-0.2, 0) is 9.59 Å². The molecule has 1 aromatic rings. The molecule has 1 saturated heterocycles. The maximum Gasteiger partial charge on any atom is 0.325 e. The molecule has 1 atom stereocenters. The van der Waals surface area contributed by atoms with E-state index in [1.807, 2.05) is 13.0 Å². The summed E-state index contributed by atoms with van der Waals surface area (Å²) in [7, 11) is 0. The summed E-state index contributed by atoms with van der Waals surface area (Å²) in [5.41, 5.74) is -0.930. The molecule has 1 aliphatic heterocycles. The van der Waals surface area contributed by atoms with Crippen molar-refractivity contribution in [1.29, 1.82) is 0 Å². The van der Waals surface area contributed by atoms with Crippen molar-refractivity contribution in [3.05, 3.63) is 24.4 Å². The number of urea groups is 1. The predicted octanol–water partition coefficient (Wildman–Crippen LogP) is 2.08. The first kappa shape index (κ1) is 17.4. The van der Waals surface area contributed by atoms with Gasteiger partial charge in [-0.25, -0.2) is 9.78 Å². The van der Waals surface area contributed by atoms with Crippen LogP contribution in [0.15, 0.2) is 24.4 Å². The Morgan fingerprint density at radius 2 is 2.08 bits per heavy atom. The van der Waals surface area contributed by atoms with Crippen LogP contribution >= 0.6 is 0 Å². The molecule has 7 nitrogen and oxygen atoms in total. The van der Waals surface area contributed by atoms with Gasteiger partial charge in [-0.15, -0.1) is 0 Å². The maximum absolute atomic E-state index is 13.0. The largest absolute Gasteiger partial charge is 0.325 e. The second kappa shape index (κ2) is 6.82. The first-order valence-electron chi connectivity index (χ1n) is 8.83. The highest BCUT2D eigenvalue weighted by Gasteiger charge is 2.47. The van der Waals surface area contributed by atoms with E-state index in [4.69, 9.17) is 0 Å². The molecule has 0 bridgehead atoms. The number of anilines is 1. The molecule has 134 valence electrons. The number of pyridine rings is 1. The van der Waals surface area contributed by atoms with Gasteiger partial charge in [-0.3, -0.25) is 19.4 Å². The Hall–Kier alpha value is -2.44. The summed E-state index contributed by atoms with van der Waals surface area (Å²) in [5.74, 6) is -0.0418. The van der Waals surface area contributed by atoms with Gasteiger partial charge in [0.1, 0.15) is 17.9 Å². The van der Waals surface area contributed by atoms with E-state index in [1.54, 1.807) is 30.2 Å². The van der Waals surface area contributed by atoms with Crippen LogP contribution in [0, 0.1) is 0 Å². The molecular weight excluding hydrogens is 320 g/mol. The molecule has 4 amide bonds. The van der Waals surface area contributed by atoms with Crippen molar-refractivity contribution in [1.82, 2.24) is 15.2 Å². The van der Waals surface area contributed by atoms with Crippen molar-refractivity contribution in [3.8, 4) is 0 Å². The van der Waals surface area contributed by atoms with Gasteiger partial charge in [0.15, 0.2) is 0 Å². The Morgan fingerprint density at radius 1 is 1.36 bits per heavy atom. The molecule has 0 spiro atoms. The lowest BCUT2D eigenvalue weighted by molar-refractivity contribution is -0.134. The first-order chi connectivity index (χ1) is 12.0. The molecule has 1 aromatic heterocycles. The van der Waals surface area contributed by atoms with E-state index in [-0.39, 0.29) is 24.4 Å². The molecule has 2 heterocycles. The van der Waals surface area contributed by atoms with Gasteiger partial charge in [0.2, 0.25) is 5.91 Å². The summed E-state index contributed by atoms with van der Waals surface area (Å²) >= 11 is 0. The summed E-state index contributed by atoms with van der Waals surface area (Å²) in [6.45, 7) is 3.26. The SMILES string of the molecule is CCC1(C)NC(=O)N(CC(=O)N(c2ccccn2)C2CCCC2)C1=O. The van der Waals surface area contributed by atoms with Crippen molar-refractivity contribution < 1.29 is 14.4 Å². The summed E-state index contributed by atoms with van der Waals surface area (Å²) in [6, 6.07) is 4.98. The average Bonchev–Trinajstić information content (AvgIpc) is 3.20. The van der Waals surface area contributed by atoms with Crippen LogP contribution in [0.25, 0.3) is 0 Å². The number of amides is 4. The number of carbonyl (C=O) groups excluding carboxylic acids is 3. The second-order valence-corrected chi connectivity index (χ2v) is 6.90. The van der Waals surface area contributed by atoms with E-state index in [9.17, 15) is 14.4 Å². The standard InChI is InChI=1S/C18H24N4O3/c1-3-18(2)16(24)21(17(25)20-18)12-15(23)22(13-8-4-5-9-13)14-10-6-7-11-19-14/h6-7,10-11,13H,3-5,8-9,12H2,1-2H3,(H,20,25). The molecule has 1 aliphatic carbocycles. The smallest absolute Gasteiger partial charge is 0.323 e. The van der Waals surface area contributed by atoms with Crippen molar-refractivity contribution >= 4 is 23.7 Å². The Labute approximate surface area is 147 Å². The highest BCUT2D eigenvalue weighted by atomic mass is 16.2. The van der Waals surface area contributed by atoms with Crippen molar-refractivity contribution in [3.63, 3.8) is 0 Å². The lowest BCUT2D eigenvalue weighted by Crippen LogP contribution is -2.48. The van der Waals surface area contributed by atoms with E-state index < -0.39 is 11.6 Å². The van der Waals surface area contributed by atoms with Crippen LogP contribution in [0.4, 0.5) is 10.6 Å². The van der Waals surface area contributed by atoms with E-state index in [2.05, 4.69) is 10.3 Å². The molecule has 3 rings (SSSR count). The first-order valence-corrected chi connectivity index (χ1v) is 8.83. The summed E-state index contributed by atoms with van der Waals surface area (Å²) in [4.78, 5) is 44.7. The van der Waals surface area contributed by atoms with E-state index in [0.717, 1.165) is 30.6 Å². The Kier molecular flexibility index (Phi) is 4.74. The number of hydrogen-bond acceptors (Lipinski definition) is 4. The number of nitrogens with one attached hydrogen (secondary N) is 1. The predicted molar refractivity (Wildman–Crippen MR) is 92.9 cm³/mol. The molecule has 25 heavy (non-hydrogen) atoms. The number of imide groups is 1. The molecule has 0 radical (unpaired) electrons. The van der Waals surface area contributed by atoms with Crippen LogP contribution in [0.2, 0.25) is 0 Å². The topological polar surface area (TPSA) is 82.6 Å². The molecule has 7 heteroatoms. The minimum atomic E-state index is -0.930. The van der Waals surface area contributed by atoms with E-state index in [1.165, 1.54) is 0 Å². The van der Waals surface area contributed by atoms with Gasteiger partial charge in [-0.1, -0.05) is 25.8 Å². The lowest BCUT2D eigenvalue weighted by atomic mass is 9.99. The highest BCUT2D eigenvalue weighted by Crippen LogP contribution is 2.28. The van der Waals surface area contributed by atoms with Crippen LogP contribution in [0.5, 0.6) is 0 Å². The minimum Gasteiger partial charge on any atom is -0.323 e. The number of rotatable bonds is 5. The highest BCUT2D eigenvalue weighted by molar-refractivity contribution is 6.10. The number of nitrogens with zero attached hydrogens (tertiary/aromatic N) is 3. The normalized spacial score (nSPS) is 23.8. The van der Waals surface area contributed by atoms with Gasteiger partial charge in [0, 0.05) is 12.2 Å². The van der Waals surface area contributed by atoms with Crippen LogP contribution in [-0.4, -0.2) is 45.9 Å². The fraction of sp³-hybridized carbons (Fsp3) is 0.556. The van der Waals surface area contributed by atoms with Gasteiger partial charge < -0.3 is 5.32 Å². The van der Waals surface area contributed by atoms with Crippen LogP contribution in [0.3, 0.4) is 0 Å². The third-order valence-electron chi connectivity index (χ3n) is 5.20. The van der Waals surface area contributed by atoms with Crippen molar-refractivity contribution in [2.24, 2.45) is 0 Å². The van der Waals surface area contributed by atoms with E-state index >= 15 is 0 Å². The quantitative estimate of drug-likeness (QED) is 0.829. The molecule has 1 unspecified atom stereocenters. The molecule has 0 aromatic carbocycles. The zero-order valence-electron chi connectivity index (χ0n) is 14.7. The average molecular weight is 344 g/mol. The zero-order valence-corrected chi connectivity index (χ0v) is 14.7. The lowest BCUT2D eigenvalue weighted by Gasteiger charge is -2.29. The monoisotopic (exact) mass is 344 g/mol. The third-order valence-corrected chi connectivity index (χ3v) is 5.20. The number of hydrogen-bond donors (Lipinski definition) is 1. The number of aromatic nitrogens is 1. The van der Waals surface area contributed by atoms with Gasteiger partial charge in [-0.05, 0) is 38.3 Å². The Bertz CT molecular complexity index is 672. The fourth-order valence-electron chi connectivity index (χ4n) is 3.52. The van der Waals surface area contributed by atoms with Gasteiger partial charge in [0.05, 0.1) is 0 Å². The second-order valence-electron chi connectivity index (χ2n) is 6.90. The molecule has 2 aliphatic rings. The summed E-state index contributed by atoms with van der Waals surface area (Å²) < 4.78 is 0. The summed E-state index contributed by atoms with van der Waals surface area (Å²) in [5, 5.41) is 2.68. The maximum atomic E-state index is 13.0. The van der Waals surface area contributed by atoms with E-state index in [0.29, 0.717) is 12.2 Å². The van der Waals surface area contributed by atoms with Gasteiger partial charge in [0.25, 0.3) is 5.91 Å². The van der Waals surface area contributed by atoms with Crippen LogP contribution < -0.4 is 10.2 Å². The summed E-state index contributed by atoms with van der Waals surface area (Å²) in [6.07, 6.45) is 6.09. The van der Waals surface area contributed by atoms with Gasteiger partial charge >= 0.3 is 6.03 Å². The van der Waals surface area contributed by atoms with Crippen molar-refractivity contribution in [2.75, 3.05) is 11.4 Å². The zero-order chi connectivity index (χ0) is 18.0.